The molecule has 0 bridgehead atoms. The van der Waals surface area contributed by atoms with Crippen LogP contribution in [-0.2, 0) is 9.59 Å². The summed E-state index contributed by atoms with van der Waals surface area (Å²) in [5, 5.41) is 11.2. The molecule has 10 heteroatoms. The molecule has 2 rings (SSSR count). The van der Waals surface area contributed by atoms with E-state index in [1.165, 1.54) is 40.4 Å². The van der Waals surface area contributed by atoms with Crippen LogP contribution >= 0.6 is 34.9 Å². The molecule has 7 nitrogen and oxygen atoms in total. The predicted molar refractivity (Wildman–Crippen MR) is 125 cm³/mol. The van der Waals surface area contributed by atoms with Crippen molar-refractivity contribution in [1.29, 1.82) is 0 Å². The SMILES string of the molecule is CCN(CC)C(=O)CSc1nnc(SCC(=O)NCC(c2ccccc2)N(C)C)s1. The van der Waals surface area contributed by atoms with E-state index in [1.54, 1.807) is 4.90 Å². The van der Waals surface area contributed by atoms with Gasteiger partial charge in [0.05, 0.1) is 17.5 Å². The van der Waals surface area contributed by atoms with E-state index in [-0.39, 0.29) is 23.6 Å². The standard InChI is InChI=1S/C20H29N5O2S3/c1-5-25(6-2)18(27)14-29-20-23-22-19(30-20)28-13-17(26)21-12-16(24(3)4)15-10-8-7-9-11-15/h7-11,16H,5-6,12-14H2,1-4H3,(H,21,26). The summed E-state index contributed by atoms with van der Waals surface area (Å²) in [6.45, 7) is 5.90. The minimum atomic E-state index is -0.0381. The van der Waals surface area contributed by atoms with Crippen molar-refractivity contribution < 1.29 is 9.59 Å². The molecule has 1 N–H and O–H groups in total. The van der Waals surface area contributed by atoms with Gasteiger partial charge in [0.25, 0.3) is 0 Å². The fourth-order valence-electron chi connectivity index (χ4n) is 2.77. The Morgan fingerprint density at radius 3 is 2.20 bits per heavy atom. The average molecular weight is 468 g/mol. The third-order valence-corrected chi connectivity index (χ3v) is 7.62. The van der Waals surface area contributed by atoms with Gasteiger partial charge in [-0.05, 0) is 33.5 Å². The average Bonchev–Trinajstić information content (AvgIpc) is 3.20. The number of likely N-dealkylation sites (N-methyl/N-ethyl adjacent to an activating group) is 1. The molecule has 1 aromatic heterocycles. The van der Waals surface area contributed by atoms with Crippen LogP contribution < -0.4 is 5.32 Å². The zero-order valence-electron chi connectivity index (χ0n) is 17.8. The van der Waals surface area contributed by atoms with Crippen molar-refractivity contribution in [3.63, 3.8) is 0 Å². The Morgan fingerprint density at radius 1 is 1.03 bits per heavy atom. The molecule has 0 fully saturated rings. The van der Waals surface area contributed by atoms with Crippen LogP contribution in [-0.4, -0.2) is 77.0 Å². The van der Waals surface area contributed by atoms with Crippen LogP contribution in [0, 0.1) is 0 Å². The lowest BCUT2D eigenvalue weighted by molar-refractivity contribution is -0.128. The normalized spacial score (nSPS) is 12.0. The first-order valence-corrected chi connectivity index (χ1v) is 12.6. The highest BCUT2D eigenvalue weighted by atomic mass is 32.2. The number of hydrogen-bond donors (Lipinski definition) is 1. The van der Waals surface area contributed by atoms with Gasteiger partial charge in [-0.3, -0.25) is 9.59 Å². The van der Waals surface area contributed by atoms with Crippen LogP contribution in [0.2, 0.25) is 0 Å². The third-order valence-electron chi connectivity index (χ3n) is 4.45. The third kappa shape index (κ3) is 7.90. The maximum atomic E-state index is 12.3. The van der Waals surface area contributed by atoms with Gasteiger partial charge in [-0.1, -0.05) is 65.2 Å². The molecular weight excluding hydrogens is 438 g/mol. The van der Waals surface area contributed by atoms with Gasteiger partial charge in [0.1, 0.15) is 0 Å². The van der Waals surface area contributed by atoms with Crippen LogP contribution in [0.25, 0.3) is 0 Å². The van der Waals surface area contributed by atoms with Crippen LogP contribution in [0.1, 0.15) is 25.5 Å². The maximum Gasteiger partial charge on any atom is 0.233 e. The van der Waals surface area contributed by atoms with Crippen molar-refractivity contribution >= 4 is 46.7 Å². The largest absolute Gasteiger partial charge is 0.353 e. The first-order valence-electron chi connectivity index (χ1n) is 9.79. The number of nitrogens with one attached hydrogen (secondary N) is 1. The van der Waals surface area contributed by atoms with Crippen molar-refractivity contribution in [3.8, 4) is 0 Å². The lowest BCUT2D eigenvalue weighted by atomic mass is 10.1. The van der Waals surface area contributed by atoms with Crippen LogP contribution in [0.5, 0.6) is 0 Å². The molecule has 0 spiro atoms. The van der Waals surface area contributed by atoms with Gasteiger partial charge in [-0.2, -0.15) is 0 Å². The van der Waals surface area contributed by atoms with Crippen LogP contribution in [0.3, 0.4) is 0 Å². The first kappa shape index (κ1) is 24.6. The fraction of sp³-hybridized carbons (Fsp3) is 0.500. The summed E-state index contributed by atoms with van der Waals surface area (Å²) in [6.07, 6.45) is 0. The minimum absolute atomic E-state index is 0.0381. The molecule has 1 unspecified atom stereocenters. The molecule has 30 heavy (non-hydrogen) atoms. The quantitative estimate of drug-likeness (QED) is 0.481. The number of rotatable bonds is 12. The zero-order chi connectivity index (χ0) is 21.9. The lowest BCUT2D eigenvalue weighted by Gasteiger charge is -2.25. The number of nitrogens with zero attached hydrogens (tertiary/aromatic N) is 4. The highest BCUT2D eigenvalue weighted by molar-refractivity contribution is 8.03. The highest BCUT2D eigenvalue weighted by Gasteiger charge is 2.16. The van der Waals surface area contributed by atoms with Gasteiger partial charge in [0, 0.05) is 19.6 Å². The summed E-state index contributed by atoms with van der Waals surface area (Å²) in [5.74, 6) is 0.700. The van der Waals surface area contributed by atoms with Crippen molar-refractivity contribution in [2.45, 2.75) is 28.6 Å². The van der Waals surface area contributed by atoms with Crippen molar-refractivity contribution in [2.75, 3.05) is 45.2 Å². The molecule has 0 aliphatic rings. The molecule has 2 aromatic rings. The second kappa shape index (κ2) is 12.9. The Labute approximate surface area is 191 Å². The molecule has 1 aromatic carbocycles. The second-order valence-electron chi connectivity index (χ2n) is 6.67. The van der Waals surface area contributed by atoms with E-state index in [1.807, 2.05) is 46.1 Å². The number of carbonyl (C=O) groups excluding carboxylic acids is 2. The van der Waals surface area contributed by atoms with E-state index < -0.39 is 0 Å². The first-order chi connectivity index (χ1) is 14.4. The monoisotopic (exact) mass is 467 g/mol. The molecule has 164 valence electrons. The Kier molecular flexibility index (Phi) is 10.6. The summed E-state index contributed by atoms with van der Waals surface area (Å²) in [7, 11) is 4.01. The molecule has 0 aliphatic carbocycles. The zero-order valence-corrected chi connectivity index (χ0v) is 20.3. The van der Waals surface area contributed by atoms with Crippen molar-refractivity contribution in [1.82, 2.24) is 25.3 Å². The van der Waals surface area contributed by atoms with Gasteiger partial charge < -0.3 is 15.1 Å². The van der Waals surface area contributed by atoms with E-state index >= 15 is 0 Å². The Hall–Kier alpha value is -1.62. The van der Waals surface area contributed by atoms with E-state index in [2.05, 4.69) is 32.5 Å². The number of thioether (sulfide) groups is 2. The Balaban J connectivity index is 1.76. The summed E-state index contributed by atoms with van der Waals surface area (Å²) >= 11 is 4.17. The van der Waals surface area contributed by atoms with E-state index in [4.69, 9.17) is 0 Å². The van der Waals surface area contributed by atoms with Gasteiger partial charge >= 0.3 is 0 Å². The fourth-order valence-corrected chi connectivity index (χ4v) is 5.52. The summed E-state index contributed by atoms with van der Waals surface area (Å²) < 4.78 is 1.48. The van der Waals surface area contributed by atoms with Crippen LogP contribution in [0.15, 0.2) is 39.0 Å². The topological polar surface area (TPSA) is 78.4 Å². The molecular formula is C20H29N5O2S3. The molecule has 1 heterocycles. The Bertz CT molecular complexity index is 797. The smallest absolute Gasteiger partial charge is 0.233 e. The van der Waals surface area contributed by atoms with Crippen molar-refractivity contribution in [2.24, 2.45) is 0 Å². The maximum absolute atomic E-state index is 12.3. The van der Waals surface area contributed by atoms with E-state index in [0.717, 1.165) is 8.68 Å². The summed E-state index contributed by atoms with van der Waals surface area (Å²) in [6, 6.07) is 10.2. The van der Waals surface area contributed by atoms with E-state index in [0.29, 0.717) is 25.4 Å². The molecule has 0 radical (unpaired) electrons. The molecule has 1 atom stereocenters. The minimum Gasteiger partial charge on any atom is -0.353 e. The summed E-state index contributed by atoms with van der Waals surface area (Å²) in [5.41, 5.74) is 1.17. The number of carbonyl (C=O) groups is 2. The van der Waals surface area contributed by atoms with Gasteiger partial charge in [-0.15, -0.1) is 10.2 Å². The lowest BCUT2D eigenvalue weighted by Crippen LogP contribution is -2.35. The van der Waals surface area contributed by atoms with E-state index in [9.17, 15) is 9.59 Å². The Morgan fingerprint density at radius 2 is 1.63 bits per heavy atom. The van der Waals surface area contributed by atoms with Gasteiger partial charge in [0.2, 0.25) is 11.8 Å². The number of aromatic nitrogens is 2. The predicted octanol–water partition coefficient (Wildman–Crippen LogP) is 3.01. The molecule has 2 amide bonds. The second-order valence-corrected chi connectivity index (χ2v) is 10.1. The molecule has 0 aliphatic heterocycles. The number of hydrogen-bond acceptors (Lipinski definition) is 8. The van der Waals surface area contributed by atoms with Crippen LogP contribution in [0.4, 0.5) is 0 Å². The molecule has 0 saturated heterocycles. The van der Waals surface area contributed by atoms with Gasteiger partial charge in [-0.25, -0.2) is 0 Å². The van der Waals surface area contributed by atoms with Gasteiger partial charge in [0.15, 0.2) is 8.68 Å². The number of amides is 2. The highest BCUT2D eigenvalue weighted by Crippen LogP contribution is 2.28. The van der Waals surface area contributed by atoms with Crippen molar-refractivity contribution in [3.05, 3.63) is 35.9 Å². The molecule has 0 saturated carbocycles. The number of benzene rings is 1. The summed E-state index contributed by atoms with van der Waals surface area (Å²) in [4.78, 5) is 28.3.